The van der Waals surface area contributed by atoms with Crippen molar-refractivity contribution >= 4 is 39.5 Å². The molecule has 0 aromatic rings. The van der Waals surface area contributed by atoms with Gasteiger partial charge in [0.05, 0.1) is 26.4 Å². The highest BCUT2D eigenvalue weighted by Gasteiger charge is 2.30. The number of phosphoric ester groups is 2. The fourth-order valence-electron chi connectivity index (χ4n) is 10.1. The molecule has 0 amide bonds. The predicted molar refractivity (Wildman–Crippen MR) is 408 cm³/mol. The Morgan fingerprint density at radius 1 is 0.290 bits per heavy atom. The zero-order valence-corrected chi connectivity index (χ0v) is 64.4. The Morgan fingerprint density at radius 3 is 0.800 bits per heavy atom. The van der Waals surface area contributed by atoms with Crippen LogP contribution in [0.5, 0.6) is 0 Å². The molecule has 0 aliphatic carbocycles. The molecule has 0 heterocycles. The highest BCUT2D eigenvalue weighted by atomic mass is 31.2. The number of esters is 4. The van der Waals surface area contributed by atoms with E-state index in [4.69, 9.17) is 37.0 Å². The summed E-state index contributed by atoms with van der Waals surface area (Å²) in [6.45, 7) is 4.49. The van der Waals surface area contributed by atoms with Gasteiger partial charge in [-0.15, -0.1) is 0 Å². The number of allylic oxidation sites excluding steroid dienone is 20. The Morgan fingerprint density at radius 2 is 0.520 bits per heavy atom. The monoisotopic (exact) mass is 1440 g/mol. The topological polar surface area (TPSA) is 237 Å². The number of carbonyl (C=O) groups excluding carboxylic acids is 4. The Kier molecular flexibility index (Phi) is 69.5. The van der Waals surface area contributed by atoms with Gasteiger partial charge in [-0.1, -0.05) is 278 Å². The van der Waals surface area contributed by atoms with Crippen LogP contribution in [0.1, 0.15) is 310 Å². The molecule has 0 bridgehead atoms. The summed E-state index contributed by atoms with van der Waals surface area (Å²) < 4.78 is 68.5. The van der Waals surface area contributed by atoms with Gasteiger partial charge in [0.1, 0.15) is 19.3 Å². The predicted octanol–water partition coefficient (Wildman–Crippen LogP) is 22.3. The van der Waals surface area contributed by atoms with Crippen LogP contribution in [0, 0.1) is 0 Å². The van der Waals surface area contributed by atoms with Gasteiger partial charge in [0, 0.05) is 25.7 Å². The van der Waals surface area contributed by atoms with Crippen LogP contribution in [0.4, 0.5) is 0 Å². The largest absolute Gasteiger partial charge is 0.472 e. The lowest BCUT2D eigenvalue weighted by molar-refractivity contribution is -0.161. The maximum atomic E-state index is 13.1. The van der Waals surface area contributed by atoms with Gasteiger partial charge in [0.2, 0.25) is 0 Å². The van der Waals surface area contributed by atoms with Crippen LogP contribution in [0.3, 0.4) is 0 Å². The van der Waals surface area contributed by atoms with E-state index in [1.165, 1.54) is 38.5 Å². The molecule has 0 aromatic heterocycles. The van der Waals surface area contributed by atoms with Crippen molar-refractivity contribution in [1.82, 2.24) is 0 Å². The number of ether oxygens (including phenoxy) is 4. The summed E-state index contributed by atoms with van der Waals surface area (Å²) in [6, 6.07) is 0. The van der Waals surface area contributed by atoms with Crippen molar-refractivity contribution in [1.29, 1.82) is 0 Å². The molecule has 0 aliphatic heterocycles. The number of rotatable bonds is 72. The first-order valence-corrected chi connectivity index (χ1v) is 41.8. The first kappa shape index (κ1) is 95.5. The lowest BCUT2D eigenvalue weighted by Crippen LogP contribution is -2.30. The van der Waals surface area contributed by atoms with E-state index < -0.39 is 97.5 Å². The van der Waals surface area contributed by atoms with Crippen LogP contribution in [-0.2, 0) is 65.4 Å². The third-order valence-electron chi connectivity index (χ3n) is 15.9. The first-order valence-electron chi connectivity index (χ1n) is 38.8. The molecule has 3 N–H and O–H groups in total. The van der Waals surface area contributed by atoms with E-state index >= 15 is 0 Å². The highest BCUT2D eigenvalue weighted by Crippen LogP contribution is 2.45. The molecule has 0 aliphatic rings. The summed E-state index contributed by atoms with van der Waals surface area (Å²) in [5, 5.41) is 10.6. The van der Waals surface area contributed by atoms with Crippen molar-refractivity contribution in [2.75, 3.05) is 39.6 Å². The van der Waals surface area contributed by atoms with E-state index in [1.54, 1.807) is 0 Å². The Balaban J connectivity index is 5.36. The molecular weight excluding hydrogens is 1310 g/mol. The normalized spacial score (nSPS) is 14.6. The number of unbranched alkanes of at least 4 members (excludes halogenated alkanes) is 26. The third-order valence-corrected chi connectivity index (χ3v) is 17.8. The summed E-state index contributed by atoms with van der Waals surface area (Å²) >= 11 is 0. The van der Waals surface area contributed by atoms with Crippen molar-refractivity contribution in [2.24, 2.45) is 0 Å². The number of phosphoric acid groups is 2. The van der Waals surface area contributed by atoms with Crippen molar-refractivity contribution in [2.45, 2.75) is 329 Å². The van der Waals surface area contributed by atoms with Gasteiger partial charge in [0.15, 0.2) is 12.2 Å². The average molecular weight is 1450 g/mol. The van der Waals surface area contributed by atoms with Crippen LogP contribution >= 0.6 is 15.6 Å². The smallest absolute Gasteiger partial charge is 0.462 e. The Hall–Kier alpha value is -4.54. The Bertz CT molecular complexity index is 2370. The van der Waals surface area contributed by atoms with Gasteiger partial charge in [-0.2, -0.15) is 0 Å². The number of hydrogen-bond acceptors (Lipinski definition) is 15. The minimum Gasteiger partial charge on any atom is -0.462 e. The van der Waals surface area contributed by atoms with Crippen LogP contribution in [0.15, 0.2) is 122 Å². The lowest BCUT2D eigenvalue weighted by Gasteiger charge is -2.21. The molecule has 0 rings (SSSR count). The van der Waals surface area contributed by atoms with Crippen molar-refractivity contribution in [3.05, 3.63) is 122 Å². The summed E-state index contributed by atoms with van der Waals surface area (Å²) in [5.41, 5.74) is 0. The van der Waals surface area contributed by atoms with Crippen LogP contribution in [0.2, 0.25) is 0 Å². The van der Waals surface area contributed by atoms with E-state index in [9.17, 15) is 43.2 Å². The van der Waals surface area contributed by atoms with Gasteiger partial charge in [-0.25, -0.2) is 9.13 Å². The second kappa shape index (κ2) is 72.8. The zero-order valence-electron chi connectivity index (χ0n) is 62.6. The van der Waals surface area contributed by atoms with E-state index in [1.807, 2.05) is 0 Å². The molecule has 574 valence electrons. The molecule has 0 spiro atoms. The molecular formula is C81H138O17P2. The molecule has 0 saturated heterocycles. The SMILES string of the molecule is CC/C=C\C/C=C\C/C=C\C/C=C\CCCCCCC(=O)OCC(COP(=O)(O)OCC(O)COP(=O)(O)OCC(COC(=O)CCCCCCCCC/C=C\C/C=C\C/C=C\CC)OC(=O)CCCCCCC/C=C\C/C=C\C/C=C\CC)OC(=O)CCCCCCCCCCCCC. The third kappa shape index (κ3) is 71.8. The van der Waals surface area contributed by atoms with E-state index in [2.05, 4.69) is 149 Å². The number of carbonyl (C=O) groups is 4. The number of aliphatic hydroxyl groups is 1. The summed E-state index contributed by atoms with van der Waals surface area (Å²) in [5.74, 6) is -2.22. The fourth-order valence-corrected chi connectivity index (χ4v) is 11.7. The van der Waals surface area contributed by atoms with E-state index in [0.29, 0.717) is 25.7 Å². The standard InChI is InChI=1S/C81H138O17P2/c1-5-9-13-17-21-25-29-32-35-37-40-42-46-49-53-57-61-65-78(83)91-71-76(97-80(85)67-63-59-55-51-45-28-24-20-16-12-8-4)73-95-99(87,88)93-69-75(82)70-94-100(89,90)96-74-77(98-81(86)68-64-60-56-52-48-44-39-34-31-27-23-19-15-11-7-3)72-92-79(84)66-62-58-54-50-47-43-41-38-36-33-30-26-22-18-14-10-6-2/h9-11,13-15,21-23,25-27,32-36,39-40,42,75-77,82H,5-8,12,16-20,24,28-31,37-38,41,43-74H2,1-4H3,(H,87,88)(H,89,90)/b13-9-,14-10-,15-11-,25-21-,26-22-,27-23-,35-32-,36-33-,39-34-,42-40-. The second-order valence-electron chi connectivity index (χ2n) is 25.5. The maximum Gasteiger partial charge on any atom is 0.472 e. The quantitative estimate of drug-likeness (QED) is 0.0169. The van der Waals surface area contributed by atoms with E-state index in [-0.39, 0.29) is 25.7 Å². The molecule has 100 heavy (non-hydrogen) atoms. The molecule has 19 heteroatoms. The van der Waals surface area contributed by atoms with Crippen molar-refractivity contribution in [3.63, 3.8) is 0 Å². The molecule has 5 atom stereocenters. The summed E-state index contributed by atoms with van der Waals surface area (Å²) in [4.78, 5) is 72.9. The lowest BCUT2D eigenvalue weighted by atomic mass is 10.1. The average Bonchev–Trinajstić information content (AvgIpc) is 0.989. The molecule has 0 radical (unpaired) electrons. The molecule has 5 unspecified atom stereocenters. The summed E-state index contributed by atoms with van der Waals surface area (Å²) in [6.07, 6.45) is 79.0. The molecule has 0 saturated carbocycles. The van der Waals surface area contributed by atoms with Crippen molar-refractivity contribution in [3.8, 4) is 0 Å². The van der Waals surface area contributed by atoms with Crippen LogP contribution < -0.4 is 0 Å². The second-order valence-corrected chi connectivity index (χ2v) is 28.4. The molecule has 17 nitrogen and oxygen atoms in total. The van der Waals surface area contributed by atoms with Gasteiger partial charge in [-0.3, -0.25) is 37.3 Å². The van der Waals surface area contributed by atoms with Crippen LogP contribution in [0.25, 0.3) is 0 Å². The van der Waals surface area contributed by atoms with Crippen LogP contribution in [-0.4, -0.2) is 96.7 Å². The van der Waals surface area contributed by atoms with Gasteiger partial charge >= 0.3 is 39.5 Å². The number of aliphatic hydroxyl groups excluding tert-OH is 1. The Labute approximate surface area is 606 Å². The zero-order chi connectivity index (χ0) is 73.2. The van der Waals surface area contributed by atoms with Gasteiger partial charge in [0.25, 0.3) is 0 Å². The highest BCUT2D eigenvalue weighted by molar-refractivity contribution is 7.47. The van der Waals surface area contributed by atoms with E-state index in [0.717, 1.165) is 193 Å². The maximum absolute atomic E-state index is 13.1. The minimum absolute atomic E-state index is 0.0712. The summed E-state index contributed by atoms with van der Waals surface area (Å²) in [7, 11) is -9.96. The number of hydrogen-bond donors (Lipinski definition) is 3. The first-order chi connectivity index (χ1) is 48.7. The molecule has 0 aromatic carbocycles. The molecule has 0 fully saturated rings. The van der Waals surface area contributed by atoms with Gasteiger partial charge in [-0.05, 0) is 128 Å². The minimum atomic E-state index is -4.98. The van der Waals surface area contributed by atoms with Gasteiger partial charge < -0.3 is 33.8 Å². The fraction of sp³-hybridized carbons (Fsp3) is 0.704. The van der Waals surface area contributed by atoms with Crippen molar-refractivity contribution < 1.29 is 80.2 Å².